The minimum atomic E-state index is -0.290. The number of pyridine rings is 1. The Hall–Kier alpha value is -4.91. The van der Waals surface area contributed by atoms with Gasteiger partial charge in [-0.1, -0.05) is 60.7 Å². The Balaban J connectivity index is 1.14. The fourth-order valence-electron chi connectivity index (χ4n) is 4.20. The van der Waals surface area contributed by atoms with Crippen molar-refractivity contribution in [2.75, 3.05) is 29.5 Å². The Morgan fingerprint density at radius 3 is 2.06 bits per heavy atom. The highest BCUT2D eigenvalue weighted by Gasteiger charge is 2.22. The van der Waals surface area contributed by atoms with Crippen LogP contribution in [0.3, 0.4) is 0 Å². The van der Waals surface area contributed by atoms with Gasteiger partial charge in [0.25, 0.3) is 5.91 Å². The zero-order valence-corrected chi connectivity index (χ0v) is 19.5. The largest absolute Gasteiger partial charge is 0.397 e. The fourth-order valence-corrected chi connectivity index (χ4v) is 4.20. The molecule has 1 heterocycles. The van der Waals surface area contributed by atoms with Crippen molar-refractivity contribution in [3.05, 3.63) is 114 Å². The summed E-state index contributed by atoms with van der Waals surface area (Å²) in [4.78, 5) is 29.4. The van der Waals surface area contributed by atoms with Crippen molar-refractivity contribution in [2.45, 2.75) is 0 Å². The van der Waals surface area contributed by atoms with E-state index in [1.807, 2.05) is 36.4 Å². The van der Waals surface area contributed by atoms with Crippen LogP contribution < -0.4 is 21.7 Å². The van der Waals surface area contributed by atoms with E-state index in [9.17, 15) is 9.59 Å². The van der Waals surface area contributed by atoms with Gasteiger partial charge in [-0.15, -0.1) is 0 Å². The van der Waals surface area contributed by atoms with Crippen LogP contribution in [0.5, 0.6) is 0 Å². The number of nitrogens with two attached hydrogens (primary N) is 1. The minimum Gasteiger partial charge on any atom is -0.397 e. The molecule has 0 bridgehead atoms. The van der Waals surface area contributed by atoms with Crippen molar-refractivity contribution >= 4 is 34.6 Å². The molecule has 1 aromatic heterocycles. The lowest BCUT2D eigenvalue weighted by atomic mass is 10.0. The van der Waals surface area contributed by atoms with E-state index in [4.69, 9.17) is 5.73 Å². The first kappa shape index (κ1) is 22.9. The maximum absolute atomic E-state index is 12.6. The number of hydrogen-bond donors (Lipinski definition) is 4. The third-order valence-corrected chi connectivity index (χ3v) is 5.97. The maximum atomic E-state index is 12.6. The zero-order valence-electron chi connectivity index (χ0n) is 19.5. The van der Waals surface area contributed by atoms with Crippen LogP contribution in [0.15, 0.2) is 97.2 Å². The molecular weight excluding hydrogens is 450 g/mol. The van der Waals surface area contributed by atoms with Crippen LogP contribution in [0, 0.1) is 0 Å². The van der Waals surface area contributed by atoms with E-state index in [1.54, 1.807) is 42.5 Å². The number of anilines is 3. The molecule has 2 amide bonds. The van der Waals surface area contributed by atoms with Crippen molar-refractivity contribution < 1.29 is 9.59 Å². The third-order valence-electron chi connectivity index (χ3n) is 5.97. The molecular formula is C29H25N5O2. The number of nitrogen functional groups attached to an aromatic ring is 1. The summed E-state index contributed by atoms with van der Waals surface area (Å²) in [6.07, 6.45) is 3.16. The number of nitrogens with zero attached hydrogens (tertiary/aromatic N) is 1. The summed E-state index contributed by atoms with van der Waals surface area (Å²) in [5, 5.41) is 8.85. The van der Waals surface area contributed by atoms with Gasteiger partial charge in [-0.25, -0.2) is 4.98 Å². The van der Waals surface area contributed by atoms with Crippen LogP contribution >= 0.6 is 0 Å². The van der Waals surface area contributed by atoms with E-state index >= 15 is 0 Å². The van der Waals surface area contributed by atoms with Crippen LogP contribution in [0.4, 0.5) is 17.2 Å². The Kier molecular flexibility index (Phi) is 6.44. The lowest BCUT2D eigenvalue weighted by Gasteiger charge is -2.09. The normalized spacial score (nSPS) is 11.3. The Morgan fingerprint density at radius 2 is 1.42 bits per heavy atom. The number of para-hydroxylation sites is 2. The summed E-state index contributed by atoms with van der Waals surface area (Å²) < 4.78 is 0. The van der Waals surface area contributed by atoms with Gasteiger partial charge in [-0.2, -0.15) is 0 Å². The number of amides is 2. The molecule has 0 unspecified atom stereocenters. The number of hydrogen-bond acceptors (Lipinski definition) is 5. The molecule has 5 N–H and O–H groups in total. The highest BCUT2D eigenvalue weighted by atomic mass is 16.2. The summed E-state index contributed by atoms with van der Waals surface area (Å²) in [7, 11) is 0. The van der Waals surface area contributed by atoms with Gasteiger partial charge in [0.15, 0.2) is 0 Å². The minimum absolute atomic E-state index is 0.154. The number of carbonyl (C=O) groups excluding carboxylic acids is 2. The first-order valence-electron chi connectivity index (χ1n) is 11.6. The monoisotopic (exact) mass is 475 g/mol. The molecule has 7 heteroatoms. The van der Waals surface area contributed by atoms with E-state index in [1.165, 1.54) is 6.20 Å². The number of fused-ring (bicyclic) bond motifs is 3. The van der Waals surface area contributed by atoms with E-state index in [2.05, 4.69) is 33.1 Å². The predicted molar refractivity (Wildman–Crippen MR) is 144 cm³/mol. The summed E-state index contributed by atoms with van der Waals surface area (Å²) >= 11 is 0. The lowest BCUT2D eigenvalue weighted by Crippen LogP contribution is -2.27. The van der Waals surface area contributed by atoms with Crippen LogP contribution in [-0.2, 0) is 4.79 Å². The summed E-state index contributed by atoms with van der Waals surface area (Å²) in [5.41, 5.74) is 12.7. The van der Waals surface area contributed by atoms with Crippen molar-refractivity contribution in [3.8, 4) is 11.1 Å². The SMILES string of the molecule is Nc1ccccc1NC(=O)c1ccc(NCCNC(=O)C=C2c3ccccc3-c3ccccc32)nc1. The molecule has 5 rings (SSSR count). The van der Waals surface area contributed by atoms with E-state index in [0.717, 1.165) is 27.8 Å². The molecule has 36 heavy (non-hydrogen) atoms. The van der Waals surface area contributed by atoms with Crippen molar-refractivity contribution in [1.82, 2.24) is 10.3 Å². The third kappa shape index (κ3) is 4.81. The highest BCUT2D eigenvalue weighted by molar-refractivity contribution is 6.08. The number of carbonyl (C=O) groups is 2. The molecule has 1 aliphatic rings. The maximum Gasteiger partial charge on any atom is 0.257 e. The lowest BCUT2D eigenvalue weighted by molar-refractivity contribution is -0.116. The van der Waals surface area contributed by atoms with E-state index in [-0.39, 0.29) is 11.8 Å². The molecule has 0 spiro atoms. The molecule has 3 aromatic carbocycles. The zero-order chi connectivity index (χ0) is 24.9. The number of aromatic nitrogens is 1. The highest BCUT2D eigenvalue weighted by Crippen LogP contribution is 2.43. The quantitative estimate of drug-likeness (QED) is 0.157. The second-order valence-corrected chi connectivity index (χ2v) is 8.34. The van der Waals surface area contributed by atoms with Crippen LogP contribution in [0.1, 0.15) is 21.5 Å². The average Bonchev–Trinajstić information content (AvgIpc) is 3.22. The Bertz CT molecular complexity index is 1410. The molecule has 0 atom stereocenters. The van der Waals surface area contributed by atoms with Gasteiger partial charge in [0.2, 0.25) is 5.91 Å². The number of rotatable bonds is 7. The molecule has 178 valence electrons. The first-order chi connectivity index (χ1) is 17.6. The van der Waals surface area contributed by atoms with Gasteiger partial charge in [0.05, 0.1) is 16.9 Å². The molecule has 1 aliphatic carbocycles. The van der Waals surface area contributed by atoms with Crippen LogP contribution in [0.2, 0.25) is 0 Å². The van der Waals surface area contributed by atoms with E-state index < -0.39 is 0 Å². The van der Waals surface area contributed by atoms with Crippen molar-refractivity contribution in [2.24, 2.45) is 0 Å². The standard InChI is InChI=1S/C29H25N5O2/c30-25-11-5-6-12-26(25)34-29(36)19-13-14-27(33-18-19)31-15-16-32-28(35)17-24-22-9-3-1-7-20(22)21-8-2-4-10-23(21)24/h1-14,17-18H,15-16,30H2,(H,31,33)(H,32,35)(H,34,36). The number of benzene rings is 3. The van der Waals surface area contributed by atoms with Gasteiger partial charge < -0.3 is 21.7 Å². The average molecular weight is 476 g/mol. The molecule has 0 radical (unpaired) electrons. The molecule has 0 saturated carbocycles. The fraction of sp³-hybridized carbons (Fsp3) is 0.0690. The summed E-state index contributed by atoms with van der Waals surface area (Å²) in [5.74, 6) is 0.165. The first-order valence-corrected chi connectivity index (χ1v) is 11.6. The second-order valence-electron chi connectivity index (χ2n) is 8.34. The molecule has 4 aromatic rings. The smallest absolute Gasteiger partial charge is 0.257 e. The molecule has 0 fully saturated rings. The van der Waals surface area contributed by atoms with Gasteiger partial charge in [-0.05, 0) is 52.1 Å². The molecule has 0 aliphatic heterocycles. The number of nitrogens with one attached hydrogen (secondary N) is 3. The Morgan fingerprint density at radius 1 is 0.778 bits per heavy atom. The van der Waals surface area contributed by atoms with Gasteiger partial charge in [0, 0.05) is 25.4 Å². The van der Waals surface area contributed by atoms with Crippen molar-refractivity contribution in [1.29, 1.82) is 0 Å². The second kappa shape index (κ2) is 10.1. The van der Waals surface area contributed by atoms with Gasteiger partial charge in [0.1, 0.15) is 5.82 Å². The van der Waals surface area contributed by atoms with Crippen LogP contribution in [-0.4, -0.2) is 29.9 Å². The van der Waals surface area contributed by atoms with Crippen molar-refractivity contribution in [3.63, 3.8) is 0 Å². The van der Waals surface area contributed by atoms with Gasteiger partial charge in [-0.3, -0.25) is 9.59 Å². The summed E-state index contributed by atoms with van der Waals surface area (Å²) in [6, 6.07) is 26.7. The van der Waals surface area contributed by atoms with Crippen LogP contribution in [0.25, 0.3) is 16.7 Å². The Labute approximate surface area is 209 Å². The molecule has 7 nitrogen and oxygen atoms in total. The molecule has 0 saturated heterocycles. The topological polar surface area (TPSA) is 109 Å². The summed E-state index contributed by atoms with van der Waals surface area (Å²) in [6.45, 7) is 0.907. The van der Waals surface area contributed by atoms with E-state index in [0.29, 0.717) is 35.8 Å². The van der Waals surface area contributed by atoms with Gasteiger partial charge >= 0.3 is 0 Å². The predicted octanol–water partition coefficient (Wildman–Crippen LogP) is 4.56.